The maximum atomic E-state index is 12.6. The highest BCUT2D eigenvalue weighted by molar-refractivity contribution is 7.89. The summed E-state index contributed by atoms with van der Waals surface area (Å²) in [5.41, 5.74) is 2.31. The summed E-state index contributed by atoms with van der Waals surface area (Å²) in [6.07, 6.45) is 4.96. The van der Waals surface area contributed by atoms with Crippen molar-refractivity contribution in [3.8, 4) is 0 Å². The maximum absolute atomic E-state index is 12.6. The molecule has 0 radical (unpaired) electrons. The molecule has 7 nitrogen and oxygen atoms in total. The molecule has 1 fully saturated rings. The summed E-state index contributed by atoms with van der Waals surface area (Å²) < 4.78 is 26.7. The molecule has 1 aliphatic rings. The van der Waals surface area contributed by atoms with Crippen LogP contribution < -0.4 is 5.32 Å². The second-order valence-electron chi connectivity index (χ2n) is 6.81. The number of sulfonamides is 1. The van der Waals surface area contributed by atoms with Crippen LogP contribution in [0.4, 0.5) is 0 Å². The molecule has 3 rings (SSSR count). The van der Waals surface area contributed by atoms with E-state index in [1.807, 2.05) is 19.1 Å². The van der Waals surface area contributed by atoms with Crippen molar-refractivity contribution in [2.24, 2.45) is 0 Å². The molecule has 26 heavy (non-hydrogen) atoms. The Labute approximate surface area is 153 Å². The summed E-state index contributed by atoms with van der Waals surface area (Å²) in [5.74, 6) is -0.176. The van der Waals surface area contributed by atoms with Crippen LogP contribution in [0, 0.1) is 0 Å². The molecule has 1 aliphatic heterocycles. The van der Waals surface area contributed by atoms with Crippen molar-refractivity contribution in [1.29, 1.82) is 0 Å². The van der Waals surface area contributed by atoms with Gasteiger partial charge in [0.2, 0.25) is 10.0 Å². The minimum atomic E-state index is -3.26. The van der Waals surface area contributed by atoms with E-state index < -0.39 is 10.0 Å². The van der Waals surface area contributed by atoms with Crippen molar-refractivity contribution in [1.82, 2.24) is 19.8 Å². The number of H-pyrrole nitrogens is 1. The molecule has 8 heteroatoms. The number of nitrogens with zero attached hydrogens (tertiary/aromatic N) is 2. The fourth-order valence-corrected chi connectivity index (χ4v) is 4.93. The molecule has 140 valence electrons. The average Bonchev–Trinajstić information content (AvgIpc) is 3.14. The number of amides is 1. The fourth-order valence-electron chi connectivity index (χ4n) is 3.10. The van der Waals surface area contributed by atoms with E-state index in [0.29, 0.717) is 25.1 Å². The molecule has 1 aromatic heterocycles. The van der Waals surface area contributed by atoms with Gasteiger partial charge in [-0.15, -0.1) is 0 Å². The lowest BCUT2D eigenvalue weighted by atomic mass is 10.1. The van der Waals surface area contributed by atoms with Crippen LogP contribution in [-0.4, -0.2) is 40.1 Å². The van der Waals surface area contributed by atoms with Crippen molar-refractivity contribution in [2.75, 3.05) is 0 Å². The van der Waals surface area contributed by atoms with Crippen molar-refractivity contribution in [2.45, 2.75) is 51.1 Å². The summed E-state index contributed by atoms with van der Waals surface area (Å²) in [7, 11) is -3.26. The van der Waals surface area contributed by atoms with Gasteiger partial charge in [0.25, 0.3) is 5.91 Å². The van der Waals surface area contributed by atoms with Crippen LogP contribution in [-0.2, 0) is 23.1 Å². The molecule has 1 unspecified atom stereocenters. The normalized spacial score (nSPS) is 22.8. The Kier molecular flexibility index (Phi) is 5.43. The van der Waals surface area contributed by atoms with Crippen molar-refractivity contribution in [3.63, 3.8) is 0 Å². The van der Waals surface area contributed by atoms with Gasteiger partial charge in [0.15, 0.2) is 0 Å². The third kappa shape index (κ3) is 3.96. The van der Waals surface area contributed by atoms with E-state index in [2.05, 4.69) is 15.5 Å². The zero-order chi connectivity index (χ0) is 18.7. The number of aromatic nitrogens is 2. The van der Waals surface area contributed by atoms with Crippen LogP contribution in [0.15, 0.2) is 36.7 Å². The molecule has 2 heterocycles. The summed E-state index contributed by atoms with van der Waals surface area (Å²) in [6, 6.07) is 7.08. The lowest BCUT2D eigenvalue weighted by Crippen LogP contribution is -2.47. The summed E-state index contributed by atoms with van der Waals surface area (Å²) in [6.45, 7) is 4.45. The smallest absolute Gasteiger partial charge is 0.251 e. The van der Waals surface area contributed by atoms with Gasteiger partial charge in [-0.2, -0.15) is 9.40 Å². The average molecular weight is 376 g/mol. The third-order valence-electron chi connectivity index (χ3n) is 4.88. The molecule has 1 aromatic carbocycles. The molecule has 2 N–H and O–H groups in total. The molecular weight excluding hydrogens is 352 g/mol. The van der Waals surface area contributed by atoms with E-state index >= 15 is 0 Å². The number of nitrogens with one attached hydrogen (secondary N) is 2. The van der Waals surface area contributed by atoms with Gasteiger partial charge in [-0.05, 0) is 44.4 Å². The number of carbonyl (C=O) groups excluding carboxylic acids is 1. The first-order chi connectivity index (χ1) is 12.4. The van der Waals surface area contributed by atoms with Gasteiger partial charge >= 0.3 is 0 Å². The fraction of sp³-hybridized carbons (Fsp3) is 0.444. The minimum absolute atomic E-state index is 0.00543. The van der Waals surface area contributed by atoms with E-state index in [9.17, 15) is 13.2 Å². The summed E-state index contributed by atoms with van der Waals surface area (Å²) >= 11 is 0. The standard InChI is InChI=1S/C18H24N4O3S/c1-13-3-4-14(2)26(24,25)22(13)12-15-5-7-17(8-6-15)18(23)19-9-16-10-20-21-11-16/h5-8,10-11,13-14H,3-4,9,12H2,1-2H3,(H,19,23)(H,20,21)/t13-,14?/m0/s1. The highest BCUT2D eigenvalue weighted by atomic mass is 32.2. The largest absolute Gasteiger partial charge is 0.348 e. The molecule has 0 bridgehead atoms. The monoisotopic (exact) mass is 376 g/mol. The number of rotatable bonds is 5. The second kappa shape index (κ2) is 7.59. The number of hydrogen-bond acceptors (Lipinski definition) is 4. The first-order valence-corrected chi connectivity index (χ1v) is 10.2. The molecule has 1 amide bonds. The van der Waals surface area contributed by atoms with Crippen molar-refractivity contribution >= 4 is 15.9 Å². The van der Waals surface area contributed by atoms with Crippen LogP contribution >= 0.6 is 0 Å². The Morgan fingerprint density at radius 2 is 1.96 bits per heavy atom. The lowest BCUT2D eigenvalue weighted by Gasteiger charge is -2.36. The van der Waals surface area contributed by atoms with Gasteiger partial charge < -0.3 is 5.32 Å². The first-order valence-electron chi connectivity index (χ1n) is 8.73. The van der Waals surface area contributed by atoms with E-state index in [0.717, 1.165) is 17.5 Å². The molecular formula is C18H24N4O3S. The predicted molar refractivity (Wildman–Crippen MR) is 98.8 cm³/mol. The van der Waals surface area contributed by atoms with Crippen LogP contribution in [0.5, 0.6) is 0 Å². The van der Waals surface area contributed by atoms with Crippen LogP contribution in [0.3, 0.4) is 0 Å². The van der Waals surface area contributed by atoms with E-state index in [-0.39, 0.29) is 17.2 Å². The Balaban J connectivity index is 1.64. The maximum Gasteiger partial charge on any atom is 0.251 e. The predicted octanol–water partition coefficient (Wildman–Crippen LogP) is 2.04. The van der Waals surface area contributed by atoms with Gasteiger partial charge in [0.05, 0.1) is 11.4 Å². The second-order valence-corrected chi connectivity index (χ2v) is 9.12. The quantitative estimate of drug-likeness (QED) is 0.835. The number of carbonyl (C=O) groups is 1. The van der Waals surface area contributed by atoms with Crippen molar-refractivity contribution < 1.29 is 13.2 Å². The van der Waals surface area contributed by atoms with E-state index in [4.69, 9.17) is 0 Å². The minimum Gasteiger partial charge on any atom is -0.348 e. The number of hydrogen-bond donors (Lipinski definition) is 2. The molecule has 2 atom stereocenters. The van der Waals surface area contributed by atoms with Gasteiger partial charge in [-0.3, -0.25) is 9.89 Å². The third-order valence-corrected chi connectivity index (χ3v) is 7.28. The Morgan fingerprint density at radius 1 is 1.23 bits per heavy atom. The van der Waals surface area contributed by atoms with Gasteiger partial charge in [-0.1, -0.05) is 12.1 Å². The first kappa shape index (κ1) is 18.6. The van der Waals surface area contributed by atoms with Crippen LogP contribution in [0.2, 0.25) is 0 Å². The molecule has 0 saturated carbocycles. The highest BCUT2D eigenvalue weighted by Crippen LogP contribution is 2.27. The Bertz CT molecular complexity index is 847. The molecule has 1 saturated heterocycles. The van der Waals surface area contributed by atoms with Crippen molar-refractivity contribution in [3.05, 3.63) is 53.3 Å². The number of benzene rings is 1. The van der Waals surface area contributed by atoms with Gasteiger partial charge in [0.1, 0.15) is 0 Å². The zero-order valence-corrected chi connectivity index (χ0v) is 15.8. The van der Waals surface area contributed by atoms with Gasteiger partial charge in [0, 0.05) is 36.5 Å². The van der Waals surface area contributed by atoms with Crippen LogP contribution in [0.25, 0.3) is 0 Å². The zero-order valence-electron chi connectivity index (χ0n) is 15.0. The van der Waals surface area contributed by atoms with E-state index in [1.165, 1.54) is 0 Å². The highest BCUT2D eigenvalue weighted by Gasteiger charge is 2.36. The number of aromatic amines is 1. The molecule has 0 aliphatic carbocycles. The Hall–Kier alpha value is -2.19. The van der Waals surface area contributed by atoms with E-state index in [1.54, 1.807) is 35.8 Å². The van der Waals surface area contributed by atoms with Gasteiger partial charge in [-0.25, -0.2) is 8.42 Å². The lowest BCUT2D eigenvalue weighted by molar-refractivity contribution is 0.0951. The van der Waals surface area contributed by atoms with Crippen LogP contribution in [0.1, 0.15) is 48.2 Å². The molecule has 0 spiro atoms. The SMILES string of the molecule is CC1CC[C@H](C)N(Cc2ccc(C(=O)NCc3cn[nH]c3)cc2)S1(=O)=O. The topological polar surface area (TPSA) is 95.2 Å². The summed E-state index contributed by atoms with van der Waals surface area (Å²) in [5, 5.41) is 9.01. The molecule has 2 aromatic rings. The summed E-state index contributed by atoms with van der Waals surface area (Å²) in [4.78, 5) is 12.2. The Morgan fingerprint density at radius 3 is 2.62 bits per heavy atom.